The lowest BCUT2D eigenvalue weighted by molar-refractivity contribution is -0.119. The second-order valence-corrected chi connectivity index (χ2v) is 7.11. The number of hydrogen-bond acceptors (Lipinski definition) is 7. The molecule has 8 heteroatoms. The molecule has 2 aromatic rings. The molecule has 0 saturated heterocycles. The smallest absolute Gasteiger partial charge is 0.232 e. The summed E-state index contributed by atoms with van der Waals surface area (Å²) in [6, 6.07) is 8.06. The van der Waals surface area contributed by atoms with Gasteiger partial charge >= 0.3 is 0 Å². The summed E-state index contributed by atoms with van der Waals surface area (Å²) in [4.78, 5) is 24.6. The van der Waals surface area contributed by atoms with Crippen LogP contribution < -0.4 is 16.4 Å². The van der Waals surface area contributed by atoms with Crippen molar-refractivity contribution in [3.8, 4) is 0 Å². The first-order chi connectivity index (χ1) is 12.5. The molecule has 4 N–H and O–H groups in total. The monoisotopic (exact) mass is 374 g/mol. The van der Waals surface area contributed by atoms with Crippen LogP contribution in [-0.4, -0.2) is 32.7 Å². The lowest BCUT2D eigenvalue weighted by Gasteiger charge is -2.12. The van der Waals surface area contributed by atoms with Crippen molar-refractivity contribution in [2.45, 2.75) is 45.4 Å². The molecule has 0 aliphatic rings. The van der Waals surface area contributed by atoms with Gasteiger partial charge in [-0.1, -0.05) is 31.5 Å². The summed E-state index contributed by atoms with van der Waals surface area (Å²) in [7, 11) is 0. The van der Waals surface area contributed by atoms with Crippen molar-refractivity contribution in [2.24, 2.45) is 0 Å². The molecule has 1 atom stereocenters. The number of nitrogens with one attached hydrogen (secondary N) is 2. The van der Waals surface area contributed by atoms with Gasteiger partial charge in [-0.15, -0.1) is 11.8 Å². The van der Waals surface area contributed by atoms with Gasteiger partial charge in [0.2, 0.25) is 17.8 Å². The highest BCUT2D eigenvalue weighted by Gasteiger charge is 2.09. The van der Waals surface area contributed by atoms with Gasteiger partial charge in [0.15, 0.2) is 0 Å². The summed E-state index contributed by atoms with van der Waals surface area (Å²) in [5.41, 5.74) is 7.79. The zero-order valence-electron chi connectivity index (χ0n) is 15.5. The van der Waals surface area contributed by atoms with Gasteiger partial charge < -0.3 is 16.4 Å². The maximum atomic E-state index is 11.9. The number of carbonyl (C=O) groups is 1. The zero-order valence-corrected chi connectivity index (χ0v) is 16.3. The number of hydrogen-bond donors (Lipinski definition) is 3. The third-order valence-electron chi connectivity index (χ3n) is 3.68. The van der Waals surface area contributed by atoms with Crippen molar-refractivity contribution in [2.75, 3.05) is 16.8 Å². The summed E-state index contributed by atoms with van der Waals surface area (Å²) in [6.07, 6.45) is 2.03. The Balaban J connectivity index is 1.91. The summed E-state index contributed by atoms with van der Waals surface area (Å²) in [5, 5.41) is 6.14. The van der Waals surface area contributed by atoms with Gasteiger partial charge in [-0.3, -0.25) is 4.79 Å². The Kier molecular flexibility index (Phi) is 7.65. The molecule has 0 unspecified atom stereocenters. The number of rotatable bonds is 9. The van der Waals surface area contributed by atoms with Crippen LogP contribution in [0, 0.1) is 6.92 Å². The van der Waals surface area contributed by atoms with Crippen molar-refractivity contribution < 1.29 is 4.79 Å². The van der Waals surface area contributed by atoms with E-state index in [1.165, 1.54) is 11.8 Å². The van der Waals surface area contributed by atoms with E-state index in [-0.39, 0.29) is 17.9 Å². The molecule has 1 heterocycles. The standard InChI is InChI=1S/C18H26N6OS/c1-4-7-13(3)20-16(25)11-26-10-15-22-17(19)24-18(23-15)21-14-9-6-5-8-12(14)2/h5-6,8-9,13H,4,7,10-11H2,1-3H3,(H,20,25)(H3,19,21,22,23,24)/t13-/m0/s1. The van der Waals surface area contributed by atoms with Gasteiger partial charge in [0, 0.05) is 11.7 Å². The number of carbonyl (C=O) groups excluding carboxylic acids is 1. The molecule has 1 amide bonds. The van der Waals surface area contributed by atoms with Gasteiger partial charge in [-0.25, -0.2) is 0 Å². The van der Waals surface area contributed by atoms with Crippen LogP contribution in [0.15, 0.2) is 24.3 Å². The second-order valence-electron chi connectivity index (χ2n) is 6.12. The number of amides is 1. The molecule has 0 bridgehead atoms. The molecule has 1 aromatic heterocycles. The normalized spacial score (nSPS) is 11.8. The summed E-state index contributed by atoms with van der Waals surface area (Å²) in [5.74, 6) is 1.99. The van der Waals surface area contributed by atoms with E-state index in [1.807, 2.05) is 38.1 Å². The van der Waals surface area contributed by atoms with Gasteiger partial charge in [-0.05, 0) is 31.9 Å². The SMILES string of the molecule is CCC[C@H](C)NC(=O)CSCc1nc(N)nc(Nc2ccccc2C)n1. The predicted octanol–water partition coefficient (Wildman–Crippen LogP) is 3.04. The Morgan fingerprint density at radius 2 is 2.04 bits per heavy atom. The van der Waals surface area contributed by atoms with E-state index in [1.54, 1.807) is 0 Å². The number of anilines is 3. The third kappa shape index (κ3) is 6.51. The fraction of sp³-hybridized carbons (Fsp3) is 0.444. The first-order valence-electron chi connectivity index (χ1n) is 8.68. The number of thioether (sulfide) groups is 1. The van der Waals surface area contributed by atoms with Crippen LogP contribution >= 0.6 is 11.8 Å². The molecule has 0 aliphatic carbocycles. The average Bonchev–Trinajstić information content (AvgIpc) is 2.56. The van der Waals surface area contributed by atoms with Gasteiger partial charge in [-0.2, -0.15) is 15.0 Å². The van der Waals surface area contributed by atoms with Crippen molar-refractivity contribution in [3.63, 3.8) is 0 Å². The van der Waals surface area contributed by atoms with Gasteiger partial charge in [0.1, 0.15) is 5.82 Å². The van der Waals surface area contributed by atoms with Crippen molar-refractivity contribution >= 4 is 35.3 Å². The molecule has 7 nitrogen and oxygen atoms in total. The molecule has 2 rings (SSSR count). The lowest BCUT2D eigenvalue weighted by Crippen LogP contribution is -2.33. The maximum Gasteiger partial charge on any atom is 0.232 e. The molecule has 140 valence electrons. The average molecular weight is 375 g/mol. The number of nitrogen functional groups attached to an aromatic ring is 1. The largest absolute Gasteiger partial charge is 0.368 e. The van der Waals surface area contributed by atoms with Crippen molar-refractivity contribution in [1.82, 2.24) is 20.3 Å². The van der Waals surface area contributed by atoms with Crippen LogP contribution in [0.25, 0.3) is 0 Å². The summed E-state index contributed by atoms with van der Waals surface area (Å²) in [6.45, 7) is 6.12. The second kappa shape index (κ2) is 9.96. The number of para-hydroxylation sites is 1. The predicted molar refractivity (Wildman–Crippen MR) is 107 cm³/mol. The maximum absolute atomic E-state index is 11.9. The molecule has 26 heavy (non-hydrogen) atoms. The van der Waals surface area contributed by atoms with Crippen molar-refractivity contribution in [1.29, 1.82) is 0 Å². The molecular formula is C18H26N6OS. The molecule has 0 fully saturated rings. The minimum absolute atomic E-state index is 0.0243. The lowest BCUT2D eigenvalue weighted by atomic mass is 10.2. The molecule has 0 radical (unpaired) electrons. The van der Waals surface area contributed by atoms with Crippen LogP contribution in [0.3, 0.4) is 0 Å². The number of aryl methyl sites for hydroxylation is 1. The topological polar surface area (TPSA) is 106 Å². The van der Waals surface area contributed by atoms with E-state index < -0.39 is 0 Å². The van der Waals surface area contributed by atoms with E-state index in [4.69, 9.17) is 5.73 Å². The van der Waals surface area contributed by atoms with Crippen LogP contribution in [0.2, 0.25) is 0 Å². The van der Waals surface area contributed by atoms with E-state index in [0.29, 0.717) is 23.3 Å². The molecule has 0 saturated carbocycles. The van der Waals surface area contributed by atoms with Crippen LogP contribution in [0.5, 0.6) is 0 Å². The fourth-order valence-corrected chi connectivity index (χ4v) is 3.13. The molecular weight excluding hydrogens is 348 g/mol. The molecule has 1 aromatic carbocycles. The van der Waals surface area contributed by atoms with Crippen molar-refractivity contribution in [3.05, 3.63) is 35.7 Å². The summed E-state index contributed by atoms with van der Waals surface area (Å²) < 4.78 is 0. The summed E-state index contributed by atoms with van der Waals surface area (Å²) >= 11 is 1.45. The number of nitrogens with two attached hydrogens (primary N) is 1. The van der Waals surface area contributed by atoms with Crippen LogP contribution in [0.1, 0.15) is 38.1 Å². The Morgan fingerprint density at radius 1 is 1.27 bits per heavy atom. The highest BCUT2D eigenvalue weighted by atomic mass is 32.2. The minimum Gasteiger partial charge on any atom is -0.368 e. The van der Waals surface area contributed by atoms with Crippen LogP contribution in [-0.2, 0) is 10.5 Å². The van der Waals surface area contributed by atoms with Gasteiger partial charge in [0.25, 0.3) is 0 Å². The highest BCUT2D eigenvalue weighted by molar-refractivity contribution is 7.99. The van der Waals surface area contributed by atoms with Gasteiger partial charge in [0.05, 0.1) is 11.5 Å². The Hall–Kier alpha value is -2.35. The molecule has 0 aliphatic heterocycles. The molecule has 0 spiro atoms. The Morgan fingerprint density at radius 3 is 2.77 bits per heavy atom. The number of aromatic nitrogens is 3. The van der Waals surface area contributed by atoms with Crippen LogP contribution in [0.4, 0.5) is 17.6 Å². The Bertz CT molecular complexity index is 739. The van der Waals surface area contributed by atoms with E-state index in [2.05, 4.69) is 32.5 Å². The van der Waals surface area contributed by atoms with E-state index in [0.717, 1.165) is 24.1 Å². The third-order valence-corrected chi connectivity index (χ3v) is 4.61. The quantitative estimate of drug-likeness (QED) is 0.619. The van der Waals surface area contributed by atoms with E-state index >= 15 is 0 Å². The first kappa shape index (κ1) is 20.0. The zero-order chi connectivity index (χ0) is 18.9. The fourth-order valence-electron chi connectivity index (χ4n) is 2.45. The number of nitrogens with zero attached hydrogens (tertiary/aromatic N) is 3. The number of benzene rings is 1. The first-order valence-corrected chi connectivity index (χ1v) is 9.83. The minimum atomic E-state index is 0.0243. The Labute approximate surface area is 158 Å². The highest BCUT2D eigenvalue weighted by Crippen LogP contribution is 2.18. The van der Waals surface area contributed by atoms with E-state index in [9.17, 15) is 4.79 Å².